The van der Waals surface area contributed by atoms with E-state index >= 15 is 0 Å². The summed E-state index contributed by atoms with van der Waals surface area (Å²) in [6.07, 6.45) is 0. The van der Waals surface area contributed by atoms with Crippen LogP contribution in [0.4, 0.5) is 0 Å². The van der Waals surface area contributed by atoms with Gasteiger partial charge in [-0.05, 0) is 42.2 Å². The van der Waals surface area contributed by atoms with E-state index in [1.165, 1.54) is 19.5 Å². The van der Waals surface area contributed by atoms with Gasteiger partial charge >= 0.3 is 0 Å². The topological polar surface area (TPSA) is 0 Å². The van der Waals surface area contributed by atoms with E-state index in [1.54, 1.807) is 0 Å². The van der Waals surface area contributed by atoms with E-state index in [4.69, 9.17) is 0 Å². The van der Waals surface area contributed by atoms with Crippen molar-refractivity contribution in [2.75, 3.05) is 0 Å². The van der Waals surface area contributed by atoms with Crippen LogP contribution in [0.25, 0.3) is 15.3 Å². The van der Waals surface area contributed by atoms with E-state index in [0.29, 0.717) is 0 Å². The van der Waals surface area contributed by atoms with Crippen molar-refractivity contribution in [2.24, 2.45) is 0 Å². The molecule has 0 aromatic carbocycles. The van der Waals surface area contributed by atoms with Gasteiger partial charge in [0.25, 0.3) is 0 Å². The molecule has 2 aromatic heterocycles. The zero-order chi connectivity index (χ0) is 12.6. The second-order valence-electron chi connectivity index (χ2n) is 5.36. The van der Waals surface area contributed by atoms with Crippen LogP contribution in [0.15, 0.2) is 30.8 Å². The number of hydrogen-bond donors (Lipinski definition) is 0. The predicted octanol–water partition coefficient (Wildman–Crippen LogP) is 5.81. The highest BCUT2D eigenvalue weighted by Crippen LogP contribution is 2.38. The first kappa shape index (κ1) is 12.6. The number of rotatable bonds is 2. The molecule has 0 spiro atoms. The Morgan fingerprint density at radius 3 is 2.06 bits per heavy atom. The highest BCUT2D eigenvalue weighted by Gasteiger charge is 2.17. The molecule has 2 heterocycles. The van der Waals surface area contributed by atoms with Crippen LogP contribution in [0.3, 0.4) is 0 Å². The summed E-state index contributed by atoms with van der Waals surface area (Å²) in [4.78, 5) is 5.44. The maximum absolute atomic E-state index is 3.99. The Hall–Kier alpha value is -0.860. The van der Waals surface area contributed by atoms with Gasteiger partial charge in [-0.1, -0.05) is 27.4 Å². The van der Waals surface area contributed by atoms with Crippen LogP contribution < -0.4 is 0 Å². The molecule has 0 atom stereocenters. The summed E-state index contributed by atoms with van der Waals surface area (Å²) < 4.78 is 0. The van der Waals surface area contributed by atoms with Crippen molar-refractivity contribution in [2.45, 2.75) is 33.1 Å². The van der Waals surface area contributed by atoms with Crippen molar-refractivity contribution in [1.29, 1.82) is 0 Å². The summed E-state index contributed by atoms with van der Waals surface area (Å²) in [7, 11) is 0. The lowest BCUT2D eigenvalue weighted by Gasteiger charge is -2.15. The fourth-order valence-electron chi connectivity index (χ4n) is 1.57. The number of thiophene rings is 2. The fourth-order valence-corrected chi connectivity index (χ4v) is 3.66. The third kappa shape index (κ3) is 2.70. The van der Waals surface area contributed by atoms with Gasteiger partial charge in [0, 0.05) is 19.5 Å². The van der Waals surface area contributed by atoms with Crippen LogP contribution in [-0.2, 0) is 5.41 Å². The van der Waals surface area contributed by atoms with Crippen LogP contribution in [-0.4, -0.2) is 0 Å². The Bertz CT molecular complexity index is 535. The third-order valence-corrected chi connectivity index (χ3v) is 5.57. The first-order valence-electron chi connectivity index (χ1n) is 5.74. The molecule has 2 aromatic rings. The summed E-state index contributed by atoms with van der Waals surface area (Å²) in [5.41, 5.74) is 1.39. The molecule has 0 radical (unpaired) electrons. The van der Waals surface area contributed by atoms with Crippen molar-refractivity contribution in [3.8, 4) is 9.75 Å². The third-order valence-electron chi connectivity index (χ3n) is 2.61. The molecule has 0 nitrogen and oxygen atoms in total. The van der Waals surface area contributed by atoms with Crippen molar-refractivity contribution in [3.05, 3.63) is 40.6 Å². The summed E-state index contributed by atoms with van der Waals surface area (Å²) in [6, 6.07) is 8.85. The summed E-state index contributed by atoms with van der Waals surface area (Å²) in [5, 5.41) is 0. The maximum Gasteiger partial charge on any atom is 0.0449 e. The average molecular weight is 262 g/mol. The minimum atomic E-state index is 0.247. The Labute approximate surface area is 112 Å². The number of hydrogen-bond acceptors (Lipinski definition) is 2. The van der Waals surface area contributed by atoms with Gasteiger partial charge in [-0.2, -0.15) is 0 Å². The summed E-state index contributed by atoms with van der Waals surface area (Å²) >= 11 is 3.73. The normalized spacial score (nSPS) is 11.8. The summed E-state index contributed by atoms with van der Waals surface area (Å²) in [6.45, 7) is 12.8. The average Bonchev–Trinajstić information content (AvgIpc) is 2.85. The molecule has 0 aliphatic heterocycles. The first-order valence-corrected chi connectivity index (χ1v) is 7.37. The van der Waals surface area contributed by atoms with Gasteiger partial charge < -0.3 is 0 Å². The molecule has 0 bridgehead atoms. The van der Waals surface area contributed by atoms with Crippen LogP contribution in [0, 0.1) is 0 Å². The van der Waals surface area contributed by atoms with Gasteiger partial charge in [-0.3, -0.25) is 0 Å². The molecule has 0 fully saturated rings. The molecular weight excluding hydrogens is 244 g/mol. The molecule has 17 heavy (non-hydrogen) atoms. The molecule has 2 rings (SSSR count). The first-order chi connectivity index (χ1) is 7.88. The van der Waals surface area contributed by atoms with E-state index in [9.17, 15) is 0 Å². The lowest BCUT2D eigenvalue weighted by molar-refractivity contribution is 0.604. The molecule has 2 heteroatoms. The summed E-state index contributed by atoms with van der Waals surface area (Å²) in [5.74, 6) is 0. The maximum atomic E-state index is 3.99. The zero-order valence-corrected chi connectivity index (χ0v) is 12.5. The van der Waals surface area contributed by atoms with E-state index in [0.717, 1.165) is 5.57 Å². The molecule has 0 saturated heterocycles. The van der Waals surface area contributed by atoms with E-state index in [1.807, 2.05) is 22.7 Å². The molecule has 0 unspecified atom stereocenters. The minimum Gasteiger partial charge on any atom is -0.139 e. The van der Waals surface area contributed by atoms with Gasteiger partial charge in [0.1, 0.15) is 0 Å². The lowest BCUT2D eigenvalue weighted by atomic mass is 9.95. The molecular formula is C15H18S2. The molecule has 0 amide bonds. The van der Waals surface area contributed by atoms with Gasteiger partial charge in [-0.25, -0.2) is 0 Å². The lowest BCUT2D eigenvalue weighted by Crippen LogP contribution is -2.07. The van der Waals surface area contributed by atoms with Crippen LogP contribution in [0.1, 0.15) is 37.4 Å². The van der Waals surface area contributed by atoms with Gasteiger partial charge in [-0.15, -0.1) is 22.7 Å². The highest BCUT2D eigenvalue weighted by atomic mass is 32.1. The fraction of sp³-hybridized carbons (Fsp3) is 0.333. The van der Waals surface area contributed by atoms with Crippen molar-refractivity contribution < 1.29 is 0 Å². The van der Waals surface area contributed by atoms with Gasteiger partial charge in [0.15, 0.2) is 0 Å². The van der Waals surface area contributed by atoms with Gasteiger partial charge in [0.05, 0.1) is 0 Å². The Morgan fingerprint density at radius 1 is 1.00 bits per heavy atom. The Morgan fingerprint density at radius 2 is 1.59 bits per heavy atom. The van der Waals surface area contributed by atoms with E-state index < -0.39 is 0 Å². The quantitative estimate of drug-likeness (QED) is 0.641. The second-order valence-corrected chi connectivity index (χ2v) is 7.53. The predicted molar refractivity (Wildman–Crippen MR) is 81.0 cm³/mol. The monoisotopic (exact) mass is 262 g/mol. The highest BCUT2D eigenvalue weighted by molar-refractivity contribution is 7.22. The Balaban J connectivity index is 2.34. The van der Waals surface area contributed by atoms with Crippen molar-refractivity contribution in [1.82, 2.24) is 0 Å². The molecule has 90 valence electrons. The standard InChI is InChI=1S/C15H18S2/c1-10(2)11-6-7-12(16-11)13-8-9-14(17-13)15(3,4)5/h6-9H,1H2,2-5H3. The van der Waals surface area contributed by atoms with E-state index in [2.05, 4.69) is 58.5 Å². The molecule has 0 saturated carbocycles. The smallest absolute Gasteiger partial charge is 0.0449 e. The zero-order valence-electron chi connectivity index (χ0n) is 10.8. The molecule has 0 aliphatic carbocycles. The van der Waals surface area contributed by atoms with Gasteiger partial charge in [0.2, 0.25) is 0 Å². The van der Waals surface area contributed by atoms with Crippen molar-refractivity contribution >= 4 is 28.2 Å². The molecule has 0 N–H and O–H groups in total. The Kier molecular flexibility index (Phi) is 3.28. The minimum absolute atomic E-state index is 0.247. The molecule has 0 aliphatic rings. The van der Waals surface area contributed by atoms with Crippen LogP contribution in [0.2, 0.25) is 0 Å². The number of allylic oxidation sites excluding steroid dienone is 1. The van der Waals surface area contributed by atoms with Crippen molar-refractivity contribution in [3.63, 3.8) is 0 Å². The SMILES string of the molecule is C=C(C)c1ccc(-c2ccc(C(C)(C)C)s2)s1. The van der Waals surface area contributed by atoms with Crippen LogP contribution in [0.5, 0.6) is 0 Å². The van der Waals surface area contributed by atoms with E-state index in [-0.39, 0.29) is 5.41 Å². The van der Waals surface area contributed by atoms with Crippen LogP contribution >= 0.6 is 22.7 Å². The second kappa shape index (κ2) is 4.43. The largest absolute Gasteiger partial charge is 0.139 e.